The van der Waals surface area contributed by atoms with Crippen molar-refractivity contribution in [2.24, 2.45) is 0 Å². The molecule has 0 spiro atoms. The Morgan fingerprint density at radius 2 is 1.26 bits per heavy atom. The molecule has 0 radical (unpaired) electrons. The molecule has 0 atom stereocenters. The molecule has 0 bridgehead atoms. The highest BCUT2D eigenvalue weighted by Gasteiger charge is 2.07. The molecule has 0 unspecified atom stereocenters. The molecule has 0 aromatic carbocycles. The second-order valence-corrected chi connectivity index (χ2v) is 4.82. The van der Waals surface area contributed by atoms with Crippen molar-refractivity contribution in [2.45, 2.75) is 53.6 Å². The molecule has 2 heterocycles. The van der Waals surface area contributed by atoms with Crippen LogP contribution in [-0.2, 0) is 25.9 Å². The van der Waals surface area contributed by atoms with Crippen LogP contribution in [0.2, 0.25) is 0 Å². The van der Waals surface area contributed by atoms with E-state index in [4.69, 9.17) is 0 Å². The van der Waals surface area contributed by atoms with Gasteiger partial charge in [0, 0.05) is 37.3 Å². The average Bonchev–Trinajstić information content (AvgIpc) is 2.94. The Hall–Kier alpha value is -1.62. The number of nitrogens with zero attached hydrogens (tertiary/aromatic N) is 2. The summed E-state index contributed by atoms with van der Waals surface area (Å²) in [5.74, 6) is 2.11. The number of nitrogens with one attached hydrogen (secondary N) is 3. The minimum atomic E-state index is 0.774. The minimum absolute atomic E-state index is 0.774. The van der Waals surface area contributed by atoms with E-state index in [0.29, 0.717) is 0 Å². The molecule has 3 N–H and O–H groups in total. The summed E-state index contributed by atoms with van der Waals surface area (Å²) >= 11 is 0. The lowest BCUT2D eigenvalue weighted by Crippen LogP contribution is -2.14. The van der Waals surface area contributed by atoms with E-state index in [1.165, 1.54) is 0 Å². The maximum Gasteiger partial charge on any atom is 0.106 e. The van der Waals surface area contributed by atoms with Gasteiger partial charge in [-0.15, -0.1) is 0 Å². The second-order valence-electron chi connectivity index (χ2n) is 4.82. The van der Waals surface area contributed by atoms with E-state index in [1.807, 2.05) is 0 Å². The van der Waals surface area contributed by atoms with Gasteiger partial charge in [-0.05, 0) is 13.8 Å². The van der Waals surface area contributed by atoms with Crippen LogP contribution in [0.3, 0.4) is 0 Å². The molecule has 0 saturated heterocycles. The number of H-pyrrole nitrogens is 2. The molecule has 2 aromatic rings. The maximum absolute atomic E-state index is 4.56. The van der Waals surface area contributed by atoms with Gasteiger partial charge in [0.05, 0.1) is 11.4 Å². The summed E-state index contributed by atoms with van der Waals surface area (Å²) in [5.41, 5.74) is 4.50. The predicted molar refractivity (Wildman–Crippen MR) is 75.9 cm³/mol. The van der Waals surface area contributed by atoms with Gasteiger partial charge in [0.15, 0.2) is 0 Å². The third-order valence-electron chi connectivity index (χ3n) is 3.32. The normalized spacial score (nSPS) is 11.2. The van der Waals surface area contributed by atoms with E-state index < -0.39 is 0 Å². The van der Waals surface area contributed by atoms with Crippen LogP contribution in [0.4, 0.5) is 0 Å². The molecule has 5 heteroatoms. The number of aromatic amines is 2. The van der Waals surface area contributed by atoms with Crippen LogP contribution < -0.4 is 5.32 Å². The molecule has 0 aliphatic rings. The van der Waals surface area contributed by atoms with Gasteiger partial charge in [-0.1, -0.05) is 13.8 Å². The Kier molecular flexibility index (Phi) is 4.37. The van der Waals surface area contributed by atoms with Crippen LogP contribution in [0.15, 0.2) is 0 Å². The van der Waals surface area contributed by atoms with Crippen molar-refractivity contribution in [3.8, 4) is 0 Å². The van der Waals surface area contributed by atoms with E-state index in [9.17, 15) is 0 Å². The molecule has 104 valence electrons. The maximum atomic E-state index is 4.56. The molecule has 2 rings (SSSR count). The van der Waals surface area contributed by atoms with Crippen LogP contribution in [0, 0.1) is 13.8 Å². The first kappa shape index (κ1) is 13.8. The summed E-state index contributed by atoms with van der Waals surface area (Å²) in [6.45, 7) is 9.90. The van der Waals surface area contributed by atoms with E-state index in [-0.39, 0.29) is 0 Å². The summed E-state index contributed by atoms with van der Waals surface area (Å²) in [6.07, 6.45) is 1.89. The number of hydrogen-bond acceptors (Lipinski definition) is 3. The van der Waals surface area contributed by atoms with Crippen molar-refractivity contribution >= 4 is 0 Å². The zero-order valence-electron chi connectivity index (χ0n) is 12.2. The molecular weight excluding hydrogens is 238 g/mol. The van der Waals surface area contributed by atoms with Crippen LogP contribution in [0.1, 0.15) is 48.3 Å². The van der Waals surface area contributed by atoms with E-state index in [1.54, 1.807) is 0 Å². The highest BCUT2D eigenvalue weighted by atomic mass is 15.0. The first-order valence-corrected chi connectivity index (χ1v) is 6.93. The van der Waals surface area contributed by atoms with E-state index >= 15 is 0 Å². The van der Waals surface area contributed by atoms with Crippen LogP contribution >= 0.6 is 0 Å². The Balaban J connectivity index is 1.92. The van der Waals surface area contributed by atoms with Crippen molar-refractivity contribution in [3.63, 3.8) is 0 Å². The number of aromatic nitrogens is 4. The van der Waals surface area contributed by atoms with Gasteiger partial charge in [0.25, 0.3) is 0 Å². The van der Waals surface area contributed by atoms with Gasteiger partial charge in [0.1, 0.15) is 11.6 Å². The van der Waals surface area contributed by atoms with Crippen LogP contribution in [0.5, 0.6) is 0 Å². The third-order valence-corrected chi connectivity index (χ3v) is 3.32. The topological polar surface area (TPSA) is 69.4 Å². The number of rotatable bonds is 6. The van der Waals surface area contributed by atoms with Crippen LogP contribution in [-0.4, -0.2) is 19.9 Å². The van der Waals surface area contributed by atoms with Gasteiger partial charge in [-0.3, -0.25) is 0 Å². The molecule has 0 amide bonds. The number of hydrogen-bond donors (Lipinski definition) is 3. The van der Waals surface area contributed by atoms with Gasteiger partial charge >= 0.3 is 0 Å². The molecule has 19 heavy (non-hydrogen) atoms. The molecular formula is C14H23N5. The highest BCUT2D eigenvalue weighted by Crippen LogP contribution is 2.08. The first-order valence-electron chi connectivity index (χ1n) is 6.93. The van der Waals surface area contributed by atoms with Crippen molar-refractivity contribution in [1.29, 1.82) is 0 Å². The summed E-state index contributed by atoms with van der Waals surface area (Å²) in [7, 11) is 0. The lowest BCUT2D eigenvalue weighted by Gasteiger charge is -2.02. The summed E-state index contributed by atoms with van der Waals surface area (Å²) in [5, 5.41) is 3.41. The lowest BCUT2D eigenvalue weighted by atomic mass is 10.3. The molecule has 2 aromatic heterocycles. The Morgan fingerprint density at radius 3 is 1.58 bits per heavy atom. The van der Waals surface area contributed by atoms with Crippen molar-refractivity contribution in [3.05, 3.63) is 34.4 Å². The van der Waals surface area contributed by atoms with Crippen molar-refractivity contribution in [2.75, 3.05) is 0 Å². The van der Waals surface area contributed by atoms with Crippen LogP contribution in [0.25, 0.3) is 0 Å². The monoisotopic (exact) mass is 261 g/mol. The van der Waals surface area contributed by atoms with E-state index in [2.05, 4.69) is 52.9 Å². The zero-order valence-corrected chi connectivity index (χ0v) is 12.2. The minimum Gasteiger partial charge on any atom is -0.346 e. The fourth-order valence-electron chi connectivity index (χ4n) is 2.11. The highest BCUT2D eigenvalue weighted by molar-refractivity contribution is 5.15. The standard InChI is InChI=1S/C14H23N5/c1-5-13-16-9(3)11(18-13)7-15-8-12-10(4)17-14(6-2)19-12/h15H,5-8H2,1-4H3,(H,16,18)(H,17,19). The lowest BCUT2D eigenvalue weighted by molar-refractivity contribution is 0.664. The van der Waals surface area contributed by atoms with Gasteiger partial charge in [-0.25, -0.2) is 9.97 Å². The van der Waals surface area contributed by atoms with Crippen molar-refractivity contribution < 1.29 is 0 Å². The first-order chi connectivity index (χ1) is 9.13. The molecule has 0 fully saturated rings. The largest absolute Gasteiger partial charge is 0.346 e. The van der Waals surface area contributed by atoms with Gasteiger partial charge < -0.3 is 15.3 Å². The van der Waals surface area contributed by atoms with Gasteiger partial charge in [0.2, 0.25) is 0 Å². The SMILES string of the molecule is CCc1nc(CNCc2nc(CC)[nH]c2C)c(C)[nH]1. The Bertz CT molecular complexity index is 490. The molecule has 5 nitrogen and oxygen atoms in total. The molecule has 0 aliphatic heterocycles. The fourth-order valence-corrected chi connectivity index (χ4v) is 2.11. The van der Waals surface area contributed by atoms with Crippen molar-refractivity contribution in [1.82, 2.24) is 25.3 Å². The summed E-state index contributed by atoms with van der Waals surface area (Å²) < 4.78 is 0. The quantitative estimate of drug-likeness (QED) is 0.746. The number of imidazole rings is 2. The second kappa shape index (κ2) is 6.02. The summed E-state index contributed by atoms with van der Waals surface area (Å²) in [4.78, 5) is 15.7. The Morgan fingerprint density at radius 1 is 0.842 bits per heavy atom. The molecule has 0 aliphatic carbocycles. The number of aryl methyl sites for hydroxylation is 4. The Labute approximate surface area is 114 Å². The summed E-state index contributed by atoms with van der Waals surface area (Å²) in [6, 6.07) is 0. The molecule has 0 saturated carbocycles. The predicted octanol–water partition coefficient (Wildman–Crippen LogP) is 2.16. The fraction of sp³-hybridized carbons (Fsp3) is 0.571. The third kappa shape index (κ3) is 3.23. The smallest absolute Gasteiger partial charge is 0.106 e. The van der Waals surface area contributed by atoms with E-state index in [0.717, 1.165) is 60.4 Å². The van der Waals surface area contributed by atoms with Gasteiger partial charge in [-0.2, -0.15) is 0 Å². The zero-order chi connectivity index (χ0) is 13.8. The average molecular weight is 261 g/mol.